The number of rotatable bonds is 16. The molecule has 0 bridgehead atoms. The third kappa shape index (κ3) is 16.0. The molecule has 0 fully saturated rings. The first-order chi connectivity index (χ1) is 11.0. The Balaban J connectivity index is 3.23. The maximum atomic E-state index is 11.5. The van der Waals surface area contributed by atoms with Crippen LogP contribution in [0.15, 0.2) is 0 Å². The number of carbonyl (C=O) groups is 1. The molecule has 0 radical (unpaired) electrons. The summed E-state index contributed by atoms with van der Waals surface area (Å²) in [6.07, 6.45) is 17.0. The summed E-state index contributed by atoms with van der Waals surface area (Å²) < 4.78 is 0. The van der Waals surface area contributed by atoms with Crippen LogP contribution in [0.1, 0.15) is 110 Å². The van der Waals surface area contributed by atoms with Crippen molar-refractivity contribution in [1.82, 2.24) is 5.32 Å². The zero-order valence-electron chi connectivity index (χ0n) is 15.4. The van der Waals surface area contributed by atoms with Gasteiger partial charge in [-0.05, 0) is 6.42 Å². The van der Waals surface area contributed by atoms with Crippen molar-refractivity contribution >= 4 is 5.91 Å². The van der Waals surface area contributed by atoms with Gasteiger partial charge >= 0.3 is 0 Å². The number of unbranched alkanes of at least 4 members (excludes halogenated alkanes) is 12. The number of hydrogen-bond donors (Lipinski definition) is 3. The van der Waals surface area contributed by atoms with Gasteiger partial charge in [0.15, 0.2) is 0 Å². The molecular weight excluding hydrogens is 290 g/mol. The molecule has 23 heavy (non-hydrogen) atoms. The van der Waals surface area contributed by atoms with Gasteiger partial charge in [-0.1, -0.05) is 90.9 Å². The molecule has 0 aliphatic rings. The van der Waals surface area contributed by atoms with Crippen LogP contribution in [-0.2, 0) is 4.79 Å². The van der Waals surface area contributed by atoms with Crippen molar-refractivity contribution in [2.75, 3.05) is 0 Å². The molecule has 0 rings (SSSR count). The predicted molar refractivity (Wildman–Crippen MR) is 95.9 cm³/mol. The molecule has 0 aliphatic heterocycles. The van der Waals surface area contributed by atoms with E-state index in [4.69, 9.17) is 0 Å². The number of nitrogens with one attached hydrogen (secondary N) is 1. The molecular formula is C19H39NO3. The van der Waals surface area contributed by atoms with Crippen LogP contribution in [0.2, 0.25) is 0 Å². The van der Waals surface area contributed by atoms with Gasteiger partial charge < -0.3 is 15.5 Å². The van der Waals surface area contributed by atoms with Crippen molar-refractivity contribution in [3.8, 4) is 0 Å². The Morgan fingerprint density at radius 3 is 1.52 bits per heavy atom. The van der Waals surface area contributed by atoms with Crippen LogP contribution < -0.4 is 5.32 Å². The van der Waals surface area contributed by atoms with Gasteiger partial charge in [0.1, 0.15) is 0 Å². The van der Waals surface area contributed by atoms with Gasteiger partial charge in [0.2, 0.25) is 11.8 Å². The second-order valence-corrected chi connectivity index (χ2v) is 6.71. The first-order valence-electron chi connectivity index (χ1n) is 9.77. The van der Waals surface area contributed by atoms with Crippen LogP contribution in [0.3, 0.4) is 0 Å². The van der Waals surface area contributed by atoms with Crippen molar-refractivity contribution in [1.29, 1.82) is 0 Å². The van der Waals surface area contributed by atoms with Gasteiger partial charge in [-0.2, -0.15) is 0 Å². The zero-order valence-corrected chi connectivity index (χ0v) is 15.4. The van der Waals surface area contributed by atoms with E-state index in [1.54, 1.807) is 6.92 Å². The van der Waals surface area contributed by atoms with Crippen LogP contribution >= 0.6 is 0 Å². The van der Waals surface area contributed by atoms with E-state index in [2.05, 4.69) is 12.2 Å². The highest BCUT2D eigenvalue weighted by molar-refractivity contribution is 5.76. The lowest BCUT2D eigenvalue weighted by Gasteiger charge is -2.20. The quantitative estimate of drug-likeness (QED) is 0.285. The summed E-state index contributed by atoms with van der Waals surface area (Å²) in [5.41, 5.74) is 0. The second-order valence-electron chi connectivity index (χ2n) is 6.71. The van der Waals surface area contributed by atoms with Crippen LogP contribution in [0.25, 0.3) is 0 Å². The van der Waals surface area contributed by atoms with Gasteiger partial charge in [0.05, 0.1) is 0 Å². The molecule has 0 aromatic heterocycles. The van der Waals surface area contributed by atoms with Crippen LogP contribution in [0.5, 0.6) is 0 Å². The lowest BCUT2D eigenvalue weighted by Crippen LogP contribution is -2.47. The first-order valence-corrected chi connectivity index (χ1v) is 9.77. The Hall–Kier alpha value is -0.610. The lowest BCUT2D eigenvalue weighted by molar-refractivity contribution is -0.191. The van der Waals surface area contributed by atoms with E-state index in [0.29, 0.717) is 6.42 Å². The van der Waals surface area contributed by atoms with Crippen molar-refractivity contribution in [3.63, 3.8) is 0 Å². The Labute approximate surface area is 143 Å². The maximum absolute atomic E-state index is 11.5. The van der Waals surface area contributed by atoms with Crippen LogP contribution in [0, 0.1) is 0 Å². The predicted octanol–water partition coefficient (Wildman–Crippen LogP) is 4.63. The minimum Gasteiger partial charge on any atom is -0.349 e. The number of amides is 1. The number of carbonyl (C=O) groups excluding carboxylic acids is 1. The number of aliphatic hydroxyl groups is 2. The summed E-state index contributed by atoms with van der Waals surface area (Å²) in [5, 5.41) is 20.9. The average molecular weight is 330 g/mol. The van der Waals surface area contributed by atoms with Gasteiger partial charge in [-0.3, -0.25) is 4.79 Å². The standard InChI is InChI=1S/C19H39NO3/c1-3-5-6-7-8-9-10-11-12-13-14-15-16-17-18(21)20-19(22,23)4-2/h22-23H,3-17H2,1-2H3,(H,20,21). The Kier molecular flexibility index (Phi) is 14.6. The molecule has 3 N–H and O–H groups in total. The van der Waals surface area contributed by atoms with E-state index in [1.807, 2.05) is 0 Å². The fourth-order valence-corrected chi connectivity index (χ4v) is 2.68. The molecule has 0 saturated heterocycles. The van der Waals surface area contributed by atoms with E-state index < -0.39 is 5.91 Å². The summed E-state index contributed by atoms with van der Waals surface area (Å²) in [6, 6.07) is 0. The molecule has 4 nitrogen and oxygen atoms in total. The first kappa shape index (κ1) is 22.4. The van der Waals surface area contributed by atoms with E-state index in [1.165, 1.54) is 70.6 Å². The lowest BCUT2D eigenvalue weighted by atomic mass is 10.0. The highest BCUT2D eigenvalue weighted by atomic mass is 16.5. The third-order valence-corrected chi connectivity index (χ3v) is 4.34. The topological polar surface area (TPSA) is 69.6 Å². The fourth-order valence-electron chi connectivity index (χ4n) is 2.68. The molecule has 0 spiro atoms. The molecule has 0 aliphatic carbocycles. The molecule has 138 valence electrons. The summed E-state index contributed by atoms with van der Waals surface area (Å²) in [5.74, 6) is -2.33. The van der Waals surface area contributed by atoms with Gasteiger partial charge in [-0.25, -0.2) is 0 Å². The van der Waals surface area contributed by atoms with Gasteiger partial charge in [0.25, 0.3) is 0 Å². The van der Waals surface area contributed by atoms with E-state index in [9.17, 15) is 15.0 Å². The molecule has 4 heteroatoms. The Bertz CT molecular complexity index is 280. The minimum atomic E-state index is -2.05. The molecule has 0 saturated carbocycles. The fraction of sp³-hybridized carbons (Fsp3) is 0.947. The highest BCUT2D eigenvalue weighted by Crippen LogP contribution is 2.13. The number of hydrogen-bond acceptors (Lipinski definition) is 3. The van der Waals surface area contributed by atoms with Crippen molar-refractivity contribution < 1.29 is 15.0 Å². The van der Waals surface area contributed by atoms with E-state index in [0.717, 1.165) is 12.8 Å². The monoisotopic (exact) mass is 329 g/mol. The van der Waals surface area contributed by atoms with Gasteiger partial charge in [0, 0.05) is 12.8 Å². The second kappa shape index (κ2) is 14.9. The average Bonchev–Trinajstić information content (AvgIpc) is 2.51. The molecule has 0 aromatic carbocycles. The molecule has 0 unspecified atom stereocenters. The summed E-state index contributed by atoms with van der Waals surface area (Å²) in [4.78, 5) is 11.5. The SMILES string of the molecule is CCCCCCCCCCCCCCCC(=O)NC(O)(O)CC. The highest BCUT2D eigenvalue weighted by Gasteiger charge is 2.21. The molecule has 1 amide bonds. The largest absolute Gasteiger partial charge is 0.349 e. The van der Waals surface area contributed by atoms with E-state index >= 15 is 0 Å². The smallest absolute Gasteiger partial charge is 0.246 e. The van der Waals surface area contributed by atoms with Crippen molar-refractivity contribution in [2.24, 2.45) is 0 Å². The van der Waals surface area contributed by atoms with E-state index in [-0.39, 0.29) is 12.3 Å². The van der Waals surface area contributed by atoms with Crippen LogP contribution in [-0.4, -0.2) is 22.0 Å². The Morgan fingerprint density at radius 1 is 0.739 bits per heavy atom. The Morgan fingerprint density at radius 2 is 1.13 bits per heavy atom. The normalized spacial score (nSPS) is 11.7. The van der Waals surface area contributed by atoms with Crippen molar-refractivity contribution in [3.05, 3.63) is 0 Å². The molecule has 0 aromatic rings. The van der Waals surface area contributed by atoms with Crippen LogP contribution in [0.4, 0.5) is 0 Å². The maximum Gasteiger partial charge on any atom is 0.246 e. The molecule has 0 atom stereocenters. The molecule has 0 heterocycles. The van der Waals surface area contributed by atoms with Gasteiger partial charge in [-0.15, -0.1) is 0 Å². The summed E-state index contributed by atoms with van der Waals surface area (Å²) >= 11 is 0. The third-order valence-electron chi connectivity index (χ3n) is 4.34. The summed E-state index contributed by atoms with van der Waals surface area (Å²) in [6.45, 7) is 3.87. The summed E-state index contributed by atoms with van der Waals surface area (Å²) in [7, 11) is 0. The minimum absolute atomic E-state index is 0.0946. The van der Waals surface area contributed by atoms with Crippen molar-refractivity contribution in [2.45, 2.75) is 116 Å². The zero-order chi connectivity index (χ0) is 17.4.